The second kappa shape index (κ2) is 6.90. The Bertz CT molecular complexity index is 450. The monoisotopic (exact) mass is 280 g/mol. The second-order valence-electron chi connectivity index (χ2n) is 5.58. The van der Waals surface area contributed by atoms with Gasteiger partial charge in [-0.3, -0.25) is 9.78 Å². The van der Waals surface area contributed by atoms with Gasteiger partial charge in [0.2, 0.25) is 0 Å². The summed E-state index contributed by atoms with van der Waals surface area (Å²) in [5, 5.41) is 9.22. The van der Waals surface area contributed by atoms with Crippen LogP contribution < -0.4 is 0 Å². The van der Waals surface area contributed by atoms with Crippen LogP contribution in [0.15, 0.2) is 18.3 Å². The molecule has 0 bridgehead atoms. The highest BCUT2D eigenvalue weighted by Crippen LogP contribution is 2.18. The third-order valence-corrected chi connectivity index (χ3v) is 3.82. The molecular weight excluding hydrogens is 259 g/mol. The van der Waals surface area contributed by atoms with E-state index in [1.165, 1.54) is 12.1 Å². The average Bonchev–Trinajstić information content (AvgIpc) is 2.47. The number of rotatable bonds is 5. The fourth-order valence-corrected chi connectivity index (χ4v) is 2.71. The summed E-state index contributed by atoms with van der Waals surface area (Å²) >= 11 is 0. The van der Waals surface area contributed by atoms with Gasteiger partial charge in [0.25, 0.3) is 0 Å². The topological polar surface area (TPSA) is 53.4 Å². The Morgan fingerprint density at radius 3 is 3.05 bits per heavy atom. The first-order valence-electron chi connectivity index (χ1n) is 7.09. The summed E-state index contributed by atoms with van der Waals surface area (Å²) in [7, 11) is 0. The molecular formula is C15H21FN2O2. The van der Waals surface area contributed by atoms with Crippen LogP contribution in [0.1, 0.15) is 30.3 Å². The van der Waals surface area contributed by atoms with Crippen LogP contribution in [0.3, 0.4) is 0 Å². The molecule has 1 fully saturated rings. The van der Waals surface area contributed by atoms with Gasteiger partial charge >= 0.3 is 0 Å². The number of hydrogen-bond donors (Lipinski definition) is 1. The molecule has 0 saturated carbocycles. The van der Waals surface area contributed by atoms with E-state index in [0.717, 1.165) is 32.1 Å². The van der Waals surface area contributed by atoms with E-state index in [1.807, 2.05) is 6.92 Å². The van der Waals surface area contributed by atoms with Gasteiger partial charge in [0.1, 0.15) is 11.5 Å². The van der Waals surface area contributed by atoms with Gasteiger partial charge in [-0.1, -0.05) is 6.92 Å². The summed E-state index contributed by atoms with van der Waals surface area (Å²) < 4.78 is 12.8. The molecule has 0 aliphatic carbocycles. The van der Waals surface area contributed by atoms with Crippen LogP contribution in [-0.2, 0) is 0 Å². The van der Waals surface area contributed by atoms with Gasteiger partial charge in [-0.15, -0.1) is 0 Å². The molecule has 110 valence electrons. The second-order valence-corrected chi connectivity index (χ2v) is 5.58. The van der Waals surface area contributed by atoms with E-state index >= 15 is 0 Å². The maximum absolute atomic E-state index is 12.8. The van der Waals surface area contributed by atoms with Gasteiger partial charge in [0.05, 0.1) is 6.20 Å². The van der Waals surface area contributed by atoms with Gasteiger partial charge in [-0.2, -0.15) is 0 Å². The van der Waals surface area contributed by atoms with Crippen LogP contribution >= 0.6 is 0 Å². The van der Waals surface area contributed by atoms with Gasteiger partial charge < -0.3 is 10.0 Å². The molecule has 1 N–H and O–H groups in total. The molecule has 1 saturated heterocycles. The van der Waals surface area contributed by atoms with E-state index < -0.39 is 5.82 Å². The van der Waals surface area contributed by atoms with Crippen molar-refractivity contribution in [2.75, 3.05) is 26.2 Å². The Labute approximate surface area is 118 Å². The minimum absolute atomic E-state index is 0.0591. The Kier molecular flexibility index (Phi) is 5.20. The highest BCUT2D eigenvalue weighted by atomic mass is 19.1. The first kappa shape index (κ1) is 15.1. The molecule has 20 heavy (non-hydrogen) atoms. The highest BCUT2D eigenvalue weighted by Gasteiger charge is 2.24. The molecule has 2 unspecified atom stereocenters. The minimum Gasteiger partial charge on any atom is -0.396 e. The molecule has 2 rings (SSSR count). The number of aliphatic hydroxyl groups excluding tert-OH is 1. The average molecular weight is 280 g/mol. The fourth-order valence-electron chi connectivity index (χ4n) is 2.71. The Morgan fingerprint density at radius 1 is 1.60 bits per heavy atom. The number of carbonyl (C=O) groups excluding carboxylic acids is 1. The lowest BCUT2D eigenvalue weighted by Crippen LogP contribution is -2.40. The standard InChI is InChI=1S/C15H21FN2O2/c1-11(8-18-6-2-3-12(9-18)10-19)15(20)14-5-4-13(16)7-17-14/h4-5,7,11-12,19H,2-3,6,8-10H2,1H3. The zero-order valence-corrected chi connectivity index (χ0v) is 11.8. The smallest absolute Gasteiger partial charge is 0.185 e. The zero-order valence-electron chi connectivity index (χ0n) is 11.8. The van der Waals surface area contributed by atoms with Crippen molar-refractivity contribution in [3.05, 3.63) is 29.8 Å². The van der Waals surface area contributed by atoms with E-state index in [1.54, 1.807) is 0 Å². The molecule has 1 aromatic rings. The van der Waals surface area contributed by atoms with Gasteiger partial charge in [0.15, 0.2) is 5.78 Å². The normalized spacial score (nSPS) is 21.6. The molecule has 5 heteroatoms. The van der Waals surface area contributed by atoms with E-state index in [2.05, 4.69) is 9.88 Å². The van der Waals surface area contributed by atoms with Crippen LogP contribution in [-0.4, -0.2) is 47.0 Å². The summed E-state index contributed by atoms with van der Waals surface area (Å²) in [5.74, 6) is -0.354. The van der Waals surface area contributed by atoms with Crippen molar-refractivity contribution >= 4 is 5.78 Å². The van der Waals surface area contributed by atoms with Crippen molar-refractivity contribution in [1.29, 1.82) is 0 Å². The zero-order chi connectivity index (χ0) is 14.5. The summed E-state index contributed by atoms with van der Waals surface area (Å²) in [6.07, 6.45) is 3.18. The van der Waals surface area contributed by atoms with Crippen LogP contribution in [0.2, 0.25) is 0 Å². The van der Waals surface area contributed by atoms with Gasteiger partial charge in [-0.25, -0.2) is 4.39 Å². The van der Waals surface area contributed by atoms with E-state index in [4.69, 9.17) is 0 Å². The SMILES string of the molecule is CC(CN1CCCC(CO)C1)C(=O)c1ccc(F)cn1. The third-order valence-electron chi connectivity index (χ3n) is 3.82. The Hall–Kier alpha value is -1.33. The molecule has 0 amide bonds. The molecule has 1 aromatic heterocycles. The summed E-state index contributed by atoms with van der Waals surface area (Å²) in [6, 6.07) is 2.69. The molecule has 1 aliphatic rings. The van der Waals surface area contributed by atoms with E-state index in [0.29, 0.717) is 18.2 Å². The number of likely N-dealkylation sites (tertiary alicyclic amines) is 1. The number of carbonyl (C=O) groups is 1. The Balaban J connectivity index is 1.92. The maximum atomic E-state index is 12.8. The molecule has 2 heterocycles. The van der Waals surface area contributed by atoms with Crippen molar-refractivity contribution in [1.82, 2.24) is 9.88 Å². The van der Waals surface area contributed by atoms with Crippen molar-refractivity contribution < 1.29 is 14.3 Å². The number of piperidine rings is 1. The largest absolute Gasteiger partial charge is 0.396 e. The lowest BCUT2D eigenvalue weighted by atomic mass is 9.96. The van der Waals surface area contributed by atoms with Crippen LogP contribution in [0, 0.1) is 17.7 Å². The number of hydrogen-bond acceptors (Lipinski definition) is 4. The maximum Gasteiger partial charge on any atom is 0.185 e. The number of Topliss-reactive ketones (excluding diaryl/α,β-unsaturated/α-hetero) is 1. The minimum atomic E-state index is -0.434. The van der Waals surface area contributed by atoms with E-state index in [9.17, 15) is 14.3 Å². The van der Waals surface area contributed by atoms with Crippen molar-refractivity contribution in [3.8, 4) is 0 Å². The highest BCUT2D eigenvalue weighted by molar-refractivity contribution is 5.95. The summed E-state index contributed by atoms with van der Waals surface area (Å²) in [5.41, 5.74) is 0.314. The van der Waals surface area contributed by atoms with Gasteiger partial charge in [-0.05, 0) is 37.4 Å². The number of nitrogens with zero attached hydrogens (tertiary/aromatic N) is 2. The number of ketones is 1. The number of pyridine rings is 1. The third kappa shape index (κ3) is 3.84. The molecule has 4 nitrogen and oxygen atoms in total. The predicted molar refractivity (Wildman–Crippen MR) is 73.9 cm³/mol. The first-order chi connectivity index (χ1) is 9.60. The summed E-state index contributed by atoms with van der Waals surface area (Å²) in [6.45, 7) is 4.54. The predicted octanol–water partition coefficient (Wildman–Crippen LogP) is 1.74. The molecule has 0 radical (unpaired) electrons. The van der Waals surface area contributed by atoms with Crippen LogP contribution in [0.25, 0.3) is 0 Å². The van der Waals surface area contributed by atoms with Crippen molar-refractivity contribution in [2.45, 2.75) is 19.8 Å². The fraction of sp³-hybridized carbons (Fsp3) is 0.600. The Morgan fingerprint density at radius 2 is 2.40 bits per heavy atom. The van der Waals surface area contributed by atoms with Crippen molar-refractivity contribution in [2.24, 2.45) is 11.8 Å². The lowest BCUT2D eigenvalue weighted by molar-refractivity contribution is 0.0814. The molecule has 2 atom stereocenters. The molecule has 1 aliphatic heterocycles. The quantitative estimate of drug-likeness (QED) is 0.835. The van der Waals surface area contributed by atoms with Gasteiger partial charge in [0, 0.05) is 25.6 Å². The number of aromatic nitrogens is 1. The lowest BCUT2D eigenvalue weighted by Gasteiger charge is -2.33. The number of halogens is 1. The molecule has 0 aromatic carbocycles. The van der Waals surface area contributed by atoms with E-state index in [-0.39, 0.29) is 18.3 Å². The van der Waals surface area contributed by atoms with Crippen molar-refractivity contribution in [3.63, 3.8) is 0 Å². The van der Waals surface area contributed by atoms with Crippen LogP contribution in [0.4, 0.5) is 4.39 Å². The molecule has 0 spiro atoms. The number of aliphatic hydroxyl groups is 1. The first-order valence-corrected chi connectivity index (χ1v) is 7.09. The summed E-state index contributed by atoms with van der Waals surface area (Å²) in [4.78, 5) is 18.3. The van der Waals surface area contributed by atoms with Crippen LogP contribution in [0.5, 0.6) is 0 Å².